The number of rotatable bonds is 2. The molecule has 0 bridgehead atoms. The van der Waals surface area contributed by atoms with E-state index in [0.717, 1.165) is 0 Å². The summed E-state index contributed by atoms with van der Waals surface area (Å²) in [6, 6.07) is 7.13. The highest BCUT2D eigenvalue weighted by Crippen LogP contribution is 2.46. The molecule has 2 rings (SSSR count). The van der Waals surface area contributed by atoms with Crippen molar-refractivity contribution in [2.24, 2.45) is 10.8 Å². The zero-order valence-corrected chi connectivity index (χ0v) is 14.4. The molecular weight excluding hydrogens is 298 g/mol. The predicted octanol–water partition coefficient (Wildman–Crippen LogP) is 5.77. The quantitative estimate of drug-likeness (QED) is 0.728. The van der Waals surface area contributed by atoms with Gasteiger partial charge in [0.1, 0.15) is 0 Å². The maximum Gasteiger partial charge on any atom is 0.0345 e. The van der Waals surface area contributed by atoms with Gasteiger partial charge >= 0.3 is 0 Å². The monoisotopic (exact) mass is 323 g/mol. The normalized spacial score (nSPS) is 22.2. The fourth-order valence-corrected chi connectivity index (χ4v) is 4.16. The molecule has 1 aromatic carbocycles. The Labute approximate surface area is 126 Å². The van der Waals surface area contributed by atoms with Crippen LogP contribution in [0.4, 0.5) is 5.69 Å². The molecule has 0 unspecified atom stereocenters. The van der Waals surface area contributed by atoms with Gasteiger partial charge in [-0.05, 0) is 60.8 Å². The second-order valence-corrected chi connectivity index (χ2v) is 8.57. The van der Waals surface area contributed by atoms with Gasteiger partial charge in [-0.3, -0.25) is 0 Å². The van der Waals surface area contributed by atoms with Crippen molar-refractivity contribution in [1.29, 1.82) is 0 Å². The summed E-state index contributed by atoms with van der Waals surface area (Å²) in [5, 5.41) is 3.74. The summed E-state index contributed by atoms with van der Waals surface area (Å²) in [6.07, 6.45) is 3.83. The molecule has 19 heavy (non-hydrogen) atoms. The molecule has 0 spiro atoms. The zero-order valence-electron chi connectivity index (χ0n) is 12.8. The topological polar surface area (TPSA) is 12.0 Å². The number of benzene rings is 1. The van der Waals surface area contributed by atoms with Crippen molar-refractivity contribution >= 4 is 21.6 Å². The highest BCUT2D eigenvalue weighted by atomic mass is 79.9. The molecule has 1 fully saturated rings. The van der Waals surface area contributed by atoms with Crippen molar-refractivity contribution < 1.29 is 0 Å². The average Bonchev–Trinajstić information content (AvgIpc) is 2.18. The van der Waals surface area contributed by atoms with E-state index in [4.69, 9.17) is 0 Å². The SMILES string of the molecule is Cc1cc(NC2CC(C)(C)CC(C)(C)C2)ccc1Br. The molecule has 0 saturated heterocycles. The summed E-state index contributed by atoms with van der Waals surface area (Å²) in [7, 11) is 0. The lowest BCUT2D eigenvalue weighted by atomic mass is 9.63. The summed E-state index contributed by atoms with van der Waals surface area (Å²) in [4.78, 5) is 0. The molecule has 1 N–H and O–H groups in total. The third kappa shape index (κ3) is 3.98. The van der Waals surface area contributed by atoms with Gasteiger partial charge in [0.05, 0.1) is 0 Å². The summed E-state index contributed by atoms with van der Waals surface area (Å²) < 4.78 is 1.18. The zero-order chi connectivity index (χ0) is 14.3. The second-order valence-electron chi connectivity index (χ2n) is 7.72. The summed E-state index contributed by atoms with van der Waals surface area (Å²) >= 11 is 3.56. The second kappa shape index (κ2) is 5.12. The van der Waals surface area contributed by atoms with Crippen LogP contribution in [0.5, 0.6) is 0 Å². The molecule has 0 heterocycles. The fraction of sp³-hybridized carbons (Fsp3) is 0.647. The number of nitrogens with one attached hydrogen (secondary N) is 1. The molecule has 1 aromatic rings. The Morgan fingerprint density at radius 3 is 2.21 bits per heavy atom. The van der Waals surface area contributed by atoms with Gasteiger partial charge in [-0.1, -0.05) is 43.6 Å². The molecule has 0 aliphatic heterocycles. The van der Waals surface area contributed by atoms with Crippen LogP contribution in [0.25, 0.3) is 0 Å². The van der Waals surface area contributed by atoms with E-state index in [1.807, 2.05) is 0 Å². The maximum absolute atomic E-state index is 3.74. The Kier molecular flexibility index (Phi) is 4.02. The minimum atomic E-state index is 0.434. The standard InChI is InChI=1S/C17H26BrN/c1-12-8-13(6-7-15(12)18)19-14-9-16(2,3)11-17(4,5)10-14/h6-8,14,19H,9-11H2,1-5H3. The lowest BCUT2D eigenvalue weighted by Gasteiger charge is -2.45. The van der Waals surface area contributed by atoms with Crippen LogP contribution >= 0.6 is 15.9 Å². The Morgan fingerprint density at radius 2 is 1.68 bits per heavy atom. The van der Waals surface area contributed by atoms with Crippen molar-refractivity contribution in [3.8, 4) is 0 Å². The van der Waals surface area contributed by atoms with Crippen molar-refractivity contribution in [3.05, 3.63) is 28.2 Å². The number of hydrogen-bond acceptors (Lipinski definition) is 1. The first-order chi connectivity index (χ1) is 8.67. The van der Waals surface area contributed by atoms with Gasteiger partial charge in [0.25, 0.3) is 0 Å². The van der Waals surface area contributed by atoms with Crippen LogP contribution in [0.1, 0.15) is 52.5 Å². The van der Waals surface area contributed by atoms with E-state index < -0.39 is 0 Å². The first kappa shape index (κ1) is 14.9. The van der Waals surface area contributed by atoms with Crippen LogP contribution in [0.3, 0.4) is 0 Å². The molecule has 2 heteroatoms. The molecular formula is C17H26BrN. The van der Waals surface area contributed by atoms with E-state index in [-0.39, 0.29) is 0 Å². The number of anilines is 1. The third-order valence-corrected chi connectivity index (χ3v) is 4.97. The summed E-state index contributed by atoms with van der Waals surface area (Å²) in [5.41, 5.74) is 3.41. The third-order valence-electron chi connectivity index (χ3n) is 4.08. The van der Waals surface area contributed by atoms with Gasteiger partial charge in [0.2, 0.25) is 0 Å². The molecule has 1 nitrogen and oxygen atoms in total. The van der Waals surface area contributed by atoms with E-state index in [2.05, 4.69) is 74.1 Å². The van der Waals surface area contributed by atoms with Crippen molar-refractivity contribution in [2.45, 2.75) is 59.9 Å². The fourth-order valence-electron chi connectivity index (χ4n) is 3.92. The molecule has 0 aromatic heterocycles. The first-order valence-corrected chi connectivity index (χ1v) is 7.99. The molecule has 1 aliphatic rings. The Balaban J connectivity index is 2.11. The number of hydrogen-bond donors (Lipinski definition) is 1. The van der Waals surface area contributed by atoms with Gasteiger partial charge in [-0.15, -0.1) is 0 Å². The molecule has 1 saturated carbocycles. The molecule has 0 amide bonds. The number of halogens is 1. The Hall–Kier alpha value is -0.500. The minimum absolute atomic E-state index is 0.434. The lowest BCUT2D eigenvalue weighted by molar-refractivity contribution is 0.105. The maximum atomic E-state index is 3.74. The molecule has 1 aliphatic carbocycles. The van der Waals surface area contributed by atoms with Gasteiger partial charge in [0, 0.05) is 16.2 Å². The van der Waals surface area contributed by atoms with Crippen LogP contribution in [0.15, 0.2) is 22.7 Å². The average molecular weight is 324 g/mol. The van der Waals surface area contributed by atoms with E-state index in [1.54, 1.807) is 0 Å². The van der Waals surface area contributed by atoms with Crippen LogP contribution in [0.2, 0.25) is 0 Å². The van der Waals surface area contributed by atoms with Crippen LogP contribution in [-0.2, 0) is 0 Å². The molecule has 106 valence electrons. The Bertz CT molecular complexity index is 446. The van der Waals surface area contributed by atoms with E-state index in [1.165, 1.54) is 35.0 Å². The Morgan fingerprint density at radius 1 is 1.11 bits per heavy atom. The van der Waals surface area contributed by atoms with Gasteiger partial charge in [0.15, 0.2) is 0 Å². The highest BCUT2D eigenvalue weighted by Gasteiger charge is 2.38. The summed E-state index contributed by atoms with van der Waals surface area (Å²) in [5.74, 6) is 0. The number of aryl methyl sites for hydroxylation is 1. The van der Waals surface area contributed by atoms with Crippen LogP contribution < -0.4 is 5.32 Å². The van der Waals surface area contributed by atoms with E-state index >= 15 is 0 Å². The highest BCUT2D eigenvalue weighted by molar-refractivity contribution is 9.10. The minimum Gasteiger partial charge on any atom is -0.382 e. The van der Waals surface area contributed by atoms with E-state index in [9.17, 15) is 0 Å². The van der Waals surface area contributed by atoms with Gasteiger partial charge in [-0.25, -0.2) is 0 Å². The van der Waals surface area contributed by atoms with Crippen LogP contribution in [-0.4, -0.2) is 6.04 Å². The van der Waals surface area contributed by atoms with Gasteiger partial charge in [-0.2, -0.15) is 0 Å². The van der Waals surface area contributed by atoms with Crippen molar-refractivity contribution in [3.63, 3.8) is 0 Å². The summed E-state index contributed by atoms with van der Waals surface area (Å²) in [6.45, 7) is 11.7. The lowest BCUT2D eigenvalue weighted by Crippen LogP contribution is -2.40. The van der Waals surface area contributed by atoms with E-state index in [0.29, 0.717) is 16.9 Å². The smallest absolute Gasteiger partial charge is 0.0345 e. The molecule has 0 radical (unpaired) electrons. The predicted molar refractivity (Wildman–Crippen MR) is 87.7 cm³/mol. The first-order valence-electron chi connectivity index (χ1n) is 7.20. The van der Waals surface area contributed by atoms with Crippen molar-refractivity contribution in [1.82, 2.24) is 0 Å². The van der Waals surface area contributed by atoms with Crippen LogP contribution in [0, 0.1) is 17.8 Å². The van der Waals surface area contributed by atoms with Crippen molar-refractivity contribution in [2.75, 3.05) is 5.32 Å². The molecule has 0 atom stereocenters. The largest absolute Gasteiger partial charge is 0.382 e. The van der Waals surface area contributed by atoms with Gasteiger partial charge < -0.3 is 5.32 Å².